The van der Waals surface area contributed by atoms with Crippen LogP contribution in [0.15, 0.2) is 4.63 Å². The predicted molar refractivity (Wildman–Crippen MR) is 38.4 cm³/mol. The van der Waals surface area contributed by atoms with E-state index in [9.17, 15) is 4.79 Å². The van der Waals surface area contributed by atoms with E-state index in [0.29, 0.717) is 11.4 Å². The summed E-state index contributed by atoms with van der Waals surface area (Å²) in [6, 6.07) is -0.949. The van der Waals surface area contributed by atoms with Crippen molar-refractivity contribution < 1.29 is 14.5 Å². The summed E-state index contributed by atoms with van der Waals surface area (Å²) in [5, 5.41) is 15.5. The van der Waals surface area contributed by atoms with Crippen molar-refractivity contribution in [2.75, 3.05) is 0 Å². The Morgan fingerprint density at radius 3 is 2.83 bits per heavy atom. The van der Waals surface area contributed by atoms with Crippen LogP contribution in [0.5, 0.6) is 0 Å². The van der Waals surface area contributed by atoms with Crippen LogP contribution in [0.4, 0.5) is 0 Å². The Morgan fingerprint density at radius 2 is 2.42 bits per heavy atom. The number of nitrogens with two attached hydrogens (primary N) is 1. The molecule has 0 aliphatic heterocycles. The van der Waals surface area contributed by atoms with Crippen LogP contribution in [0.2, 0.25) is 0 Å². The number of hydrogen-bond acceptors (Lipinski definition) is 5. The Balaban J connectivity index is 2.64. The summed E-state index contributed by atoms with van der Waals surface area (Å²) in [5.41, 5.74) is 6.33. The Labute approximate surface area is 68.3 Å². The molecule has 12 heavy (non-hydrogen) atoms. The van der Waals surface area contributed by atoms with Crippen LogP contribution in [-0.2, 0) is 11.2 Å². The molecule has 0 aromatic carbocycles. The average molecular weight is 171 g/mol. The van der Waals surface area contributed by atoms with E-state index in [0.717, 1.165) is 0 Å². The molecule has 1 rings (SSSR count). The Morgan fingerprint density at radius 1 is 1.75 bits per heavy atom. The second-order valence-electron chi connectivity index (χ2n) is 2.45. The maximum atomic E-state index is 10.3. The molecular formula is C6H9N3O3. The molecule has 6 heteroatoms. The molecule has 0 aliphatic carbocycles. The van der Waals surface area contributed by atoms with Gasteiger partial charge in [-0.2, -0.15) is 0 Å². The number of aliphatic carboxylic acids is 1. The maximum absolute atomic E-state index is 10.3. The molecule has 0 saturated heterocycles. The van der Waals surface area contributed by atoms with Gasteiger partial charge >= 0.3 is 5.97 Å². The molecule has 6 nitrogen and oxygen atoms in total. The van der Waals surface area contributed by atoms with E-state index in [2.05, 4.69) is 14.9 Å². The third kappa shape index (κ3) is 1.79. The molecule has 0 spiro atoms. The standard InChI is InChI=1S/C6H9N3O3/c1-3-5(9-12-8-3)2-4(7)6(10)11/h4H,2,7H2,1H3,(H,10,11)/t4-/m1/s1. The highest BCUT2D eigenvalue weighted by atomic mass is 16.6. The zero-order valence-electron chi connectivity index (χ0n) is 6.52. The first-order valence-corrected chi connectivity index (χ1v) is 3.37. The summed E-state index contributed by atoms with van der Waals surface area (Å²) in [5.74, 6) is -1.06. The van der Waals surface area contributed by atoms with Gasteiger partial charge in [0.2, 0.25) is 0 Å². The third-order valence-corrected chi connectivity index (χ3v) is 1.48. The fourth-order valence-electron chi connectivity index (χ4n) is 0.730. The molecule has 3 N–H and O–H groups in total. The van der Waals surface area contributed by atoms with E-state index in [-0.39, 0.29) is 6.42 Å². The monoisotopic (exact) mass is 171 g/mol. The molecule has 1 aromatic rings. The fraction of sp³-hybridized carbons (Fsp3) is 0.500. The zero-order valence-corrected chi connectivity index (χ0v) is 6.52. The van der Waals surface area contributed by atoms with Gasteiger partial charge in [0.25, 0.3) is 0 Å². The van der Waals surface area contributed by atoms with Gasteiger partial charge in [-0.25, -0.2) is 4.63 Å². The molecule has 0 saturated carbocycles. The summed E-state index contributed by atoms with van der Waals surface area (Å²) in [6.07, 6.45) is 0.144. The molecule has 0 bridgehead atoms. The lowest BCUT2D eigenvalue weighted by atomic mass is 10.1. The Kier molecular flexibility index (Phi) is 2.39. The highest BCUT2D eigenvalue weighted by Gasteiger charge is 2.16. The number of rotatable bonds is 3. The summed E-state index contributed by atoms with van der Waals surface area (Å²) < 4.78 is 4.38. The number of aromatic nitrogens is 2. The van der Waals surface area contributed by atoms with E-state index in [1.165, 1.54) is 0 Å². The number of carboxylic acids is 1. The largest absolute Gasteiger partial charge is 0.480 e. The normalized spacial score (nSPS) is 12.8. The smallest absolute Gasteiger partial charge is 0.320 e. The first kappa shape index (κ1) is 8.66. The first-order chi connectivity index (χ1) is 5.61. The topological polar surface area (TPSA) is 102 Å². The molecule has 0 unspecified atom stereocenters. The molecule has 0 radical (unpaired) electrons. The van der Waals surface area contributed by atoms with Crippen molar-refractivity contribution in [3.05, 3.63) is 11.4 Å². The van der Waals surface area contributed by atoms with Crippen molar-refractivity contribution in [2.45, 2.75) is 19.4 Å². The molecule has 0 fully saturated rings. The quantitative estimate of drug-likeness (QED) is 0.625. The molecule has 1 heterocycles. The second-order valence-corrected chi connectivity index (χ2v) is 2.45. The third-order valence-electron chi connectivity index (χ3n) is 1.48. The minimum atomic E-state index is -1.06. The van der Waals surface area contributed by atoms with Crippen molar-refractivity contribution in [3.8, 4) is 0 Å². The van der Waals surface area contributed by atoms with E-state index >= 15 is 0 Å². The highest BCUT2D eigenvalue weighted by molar-refractivity contribution is 5.73. The number of nitrogens with zero attached hydrogens (tertiary/aromatic N) is 2. The van der Waals surface area contributed by atoms with Crippen LogP contribution in [0, 0.1) is 6.92 Å². The molecular weight excluding hydrogens is 162 g/mol. The molecule has 1 aromatic heterocycles. The van der Waals surface area contributed by atoms with Gasteiger partial charge in [0, 0.05) is 6.42 Å². The highest BCUT2D eigenvalue weighted by Crippen LogP contribution is 2.02. The van der Waals surface area contributed by atoms with Gasteiger partial charge < -0.3 is 10.8 Å². The van der Waals surface area contributed by atoms with Gasteiger partial charge in [-0.3, -0.25) is 4.79 Å². The Hall–Kier alpha value is -1.43. The van der Waals surface area contributed by atoms with Crippen molar-refractivity contribution in [3.63, 3.8) is 0 Å². The molecule has 0 aliphatic rings. The lowest BCUT2D eigenvalue weighted by Crippen LogP contribution is -2.32. The van der Waals surface area contributed by atoms with Crippen LogP contribution in [-0.4, -0.2) is 27.4 Å². The lowest BCUT2D eigenvalue weighted by Gasteiger charge is -2.01. The van der Waals surface area contributed by atoms with Crippen LogP contribution in [0.1, 0.15) is 11.4 Å². The number of aryl methyl sites for hydroxylation is 1. The average Bonchev–Trinajstić information content (AvgIpc) is 2.36. The van der Waals surface area contributed by atoms with E-state index < -0.39 is 12.0 Å². The summed E-state index contributed by atoms with van der Waals surface area (Å²) in [6.45, 7) is 1.68. The molecule has 1 atom stereocenters. The van der Waals surface area contributed by atoms with Crippen LogP contribution < -0.4 is 5.73 Å². The van der Waals surface area contributed by atoms with Crippen LogP contribution in [0.25, 0.3) is 0 Å². The molecule has 66 valence electrons. The fourth-order valence-corrected chi connectivity index (χ4v) is 0.730. The van der Waals surface area contributed by atoms with Crippen molar-refractivity contribution >= 4 is 5.97 Å². The lowest BCUT2D eigenvalue weighted by molar-refractivity contribution is -0.138. The van der Waals surface area contributed by atoms with Crippen molar-refractivity contribution in [2.24, 2.45) is 5.73 Å². The maximum Gasteiger partial charge on any atom is 0.320 e. The number of carbonyl (C=O) groups is 1. The first-order valence-electron chi connectivity index (χ1n) is 3.37. The van der Waals surface area contributed by atoms with E-state index in [1.807, 2.05) is 0 Å². The predicted octanol–water partition coefficient (Wildman–Crippen LogP) is -0.668. The SMILES string of the molecule is Cc1nonc1C[C@@H](N)C(=O)O. The van der Waals surface area contributed by atoms with Gasteiger partial charge in [0.1, 0.15) is 17.4 Å². The second kappa shape index (κ2) is 3.31. The van der Waals surface area contributed by atoms with Crippen molar-refractivity contribution in [1.29, 1.82) is 0 Å². The minimum Gasteiger partial charge on any atom is -0.480 e. The minimum absolute atomic E-state index is 0.144. The summed E-state index contributed by atoms with van der Waals surface area (Å²) in [7, 11) is 0. The van der Waals surface area contributed by atoms with Gasteiger partial charge in [0.15, 0.2) is 0 Å². The van der Waals surface area contributed by atoms with Crippen LogP contribution in [0.3, 0.4) is 0 Å². The summed E-state index contributed by atoms with van der Waals surface area (Å²) in [4.78, 5) is 10.3. The van der Waals surface area contributed by atoms with Crippen molar-refractivity contribution in [1.82, 2.24) is 10.3 Å². The number of carboxylic acid groups (broad SMARTS) is 1. The van der Waals surface area contributed by atoms with E-state index in [1.54, 1.807) is 6.92 Å². The molecule has 0 amide bonds. The van der Waals surface area contributed by atoms with E-state index in [4.69, 9.17) is 10.8 Å². The summed E-state index contributed by atoms with van der Waals surface area (Å²) >= 11 is 0. The zero-order chi connectivity index (χ0) is 9.14. The Bertz CT molecular complexity index is 283. The van der Waals surface area contributed by atoms with Crippen LogP contribution >= 0.6 is 0 Å². The van der Waals surface area contributed by atoms with Gasteiger partial charge in [-0.1, -0.05) is 10.3 Å². The van der Waals surface area contributed by atoms with Gasteiger partial charge in [0.05, 0.1) is 0 Å². The van der Waals surface area contributed by atoms with Gasteiger partial charge in [-0.05, 0) is 6.92 Å². The number of hydrogen-bond donors (Lipinski definition) is 2. The van der Waals surface area contributed by atoms with Gasteiger partial charge in [-0.15, -0.1) is 0 Å².